The van der Waals surface area contributed by atoms with E-state index in [1.165, 1.54) is 117 Å². The van der Waals surface area contributed by atoms with Gasteiger partial charge in [0.05, 0.1) is 11.1 Å². The molecule has 1 nitrogen and oxygen atoms in total. The third-order valence-electron chi connectivity index (χ3n) is 16.3. The summed E-state index contributed by atoms with van der Waals surface area (Å²) in [4.78, 5) is 2.61. The highest BCUT2D eigenvalue weighted by Gasteiger charge is 2.53. The quantitative estimate of drug-likeness (QED) is 0.167. The summed E-state index contributed by atoms with van der Waals surface area (Å²) in [6.07, 6.45) is 0. The van der Waals surface area contributed by atoms with E-state index >= 15 is 0 Å². The Morgan fingerprint density at radius 3 is 1.25 bits per heavy atom. The van der Waals surface area contributed by atoms with E-state index in [0.29, 0.717) is 0 Å². The lowest BCUT2D eigenvalue weighted by Crippen LogP contribution is -2.26. The Hall–Kier alpha value is -8.00. The Morgan fingerprint density at radius 1 is 0.265 bits per heavy atom. The van der Waals surface area contributed by atoms with Crippen molar-refractivity contribution in [2.24, 2.45) is 0 Å². The van der Waals surface area contributed by atoms with E-state index in [4.69, 9.17) is 0 Å². The maximum absolute atomic E-state index is 2.61. The van der Waals surface area contributed by atoms with Crippen molar-refractivity contribution in [1.29, 1.82) is 0 Å². The fourth-order valence-electron chi connectivity index (χ4n) is 13.2. The van der Waals surface area contributed by atoms with E-state index in [1.807, 2.05) is 0 Å². The molecular formula is C67H49N. The van der Waals surface area contributed by atoms with Gasteiger partial charge >= 0.3 is 0 Å². The summed E-state index contributed by atoms with van der Waals surface area (Å²) in [5, 5.41) is 0. The molecule has 0 amide bonds. The first-order valence-corrected chi connectivity index (χ1v) is 24.2. The van der Waals surface area contributed by atoms with Crippen LogP contribution in [0.4, 0.5) is 17.1 Å². The lowest BCUT2D eigenvalue weighted by molar-refractivity contribution is 0.660. The van der Waals surface area contributed by atoms with Crippen LogP contribution >= 0.6 is 0 Å². The summed E-state index contributed by atoms with van der Waals surface area (Å²) in [5.74, 6) is 0. The van der Waals surface area contributed by atoms with Gasteiger partial charge in [-0.2, -0.15) is 0 Å². The van der Waals surface area contributed by atoms with Crippen LogP contribution in [0.3, 0.4) is 0 Å². The first-order chi connectivity index (χ1) is 33.3. The van der Waals surface area contributed by atoms with Gasteiger partial charge in [0.2, 0.25) is 0 Å². The third kappa shape index (κ3) is 5.11. The normalized spacial score (nSPS) is 15.1. The van der Waals surface area contributed by atoms with Gasteiger partial charge in [0.15, 0.2) is 0 Å². The smallest absolute Gasteiger partial charge is 0.0726 e. The zero-order valence-electron chi connectivity index (χ0n) is 38.8. The van der Waals surface area contributed by atoms with Crippen LogP contribution in [-0.2, 0) is 16.2 Å². The third-order valence-corrected chi connectivity index (χ3v) is 16.3. The van der Waals surface area contributed by atoms with E-state index in [1.54, 1.807) is 0 Å². The Labute approximate surface area is 399 Å². The Morgan fingerprint density at radius 2 is 0.662 bits per heavy atom. The summed E-state index contributed by atoms with van der Waals surface area (Å²) in [6.45, 7) is 9.58. The Balaban J connectivity index is 1.10. The van der Waals surface area contributed by atoms with Crippen LogP contribution in [0.25, 0.3) is 66.8 Å². The molecule has 0 radical (unpaired) electrons. The van der Waals surface area contributed by atoms with Crippen molar-refractivity contribution in [2.75, 3.05) is 4.90 Å². The van der Waals surface area contributed by atoms with E-state index in [2.05, 4.69) is 257 Å². The summed E-state index contributed by atoms with van der Waals surface area (Å²) in [6, 6.07) is 85.1. The standard InChI is InChI=1S/C67H49N/c1-65(2)55-25-13-8-20-48(55)52-36-32-44(40-61(52)65)47-38-39-60-63(54-24-12-17-29-59(54)67(60)57-27-15-10-22-50(57)51-23-11-16-28-58(51)67)64(47)68(45-33-30-43(31-34-45)42-18-6-5-7-19-42)46-35-37-53-49-21-9-14-26-56(49)66(3,4)62(53)41-46/h5-41H,1-4H3. The Bertz CT molecular complexity index is 3690. The van der Waals surface area contributed by atoms with Gasteiger partial charge in [-0.3, -0.25) is 0 Å². The van der Waals surface area contributed by atoms with Gasteiger partial charge in [0.1, 0.15) is 0 Å². The highest BCUT2D eigenvalue weighted by molar-refractivity contribution is 6.06. The number of anilines is 3. The number of hydrogen-bond acceptors (Lipinski definition) is 1. The van der Waals surface area contributed by atoms with Gasteiger partial charge in [-0.1, -0.05) is 222 Å². The van der Waals surface area contributed by atoms with Gasteiger partial charge in [0, 0.05) is 33.3 Å². The van der Waals surface area contributed by atoms with Crippen molar-refractivity contribution >= 4 is 17.1 Å². The second kappa shape index (κ2) is 14.0. The van der Waals surface area contributed by atoms with Gasteiger partial charge in [-0.15, -0.1) is 0 Å². The molecule has 0 saturated heterocycles. The first-order valence-electron chi connectivity index (χ1n) is 24.2. The average Bonchev–Trinajstić information content (AvgIpc) is 4.02. The topological polar surface area (TPSA) is 3.24 Å². The molecular weight excluding hydrogens is 819 g/mol. The lowest BCUT2D eigenvalue weighted by atomic mass is 9.70. The van der Waals surface area contributed by atoms with Crippen molar-refractivity contribution in [3.05, 3.63) is 269 Å². The molecule has 0 N–H and O–H groups in total. The predicted octanol–water partition coefficient (Wildman–Crippen LogP) is 17.4. The molecule has 0 unspecified atom stereocenters. The number of rotatable bonds is 5. The maximum Gasteiger partial charge on any atom is 0.0726 e. The molecule has 1 heteroatoms. The fourth-order valence-corrected chi connectivity index (χ4v) is 13.2. The van der Waals surface area contributed by atoms with Crippen molar-refractivity contribution in [3.63, 3.8) is 0 Å². The molecule has 4 aliphatic carbocycles. The average molecular weight is 868 g/mol. The molecule has 0 aliphatic heterocycles. The molecule has 0 saturated carbocycles. The lowest BCUT2D eigenvalue weighted by Gasteiger charge is -2.34. The van der Waals surface area contributed by atoms with Gasteiger partial charge < -0.3 is 4.90 Å². The number of nitrogens with zero attached hydrogens (tertiary/aromatic N) is 1. The summed E-state index contributed by atoms with van der Waals surface area (Å²) in [7, 11) is 0. The van der Waals surface area contributed by atoms with Crippen molar-refractivity contribution < 1.29 is 0 Å². The zero-order valence-corrected chi connectivity index (χ0v) is 38.8. The molecule has 10 aromatic carbocycles. The first kappa shape index (κ1) is 39.2. The highest BCUT2D eigenvalue weighted by atomic mass is 15.1. The van der Waals surface area contributed by atoms with Crippen molar-refractivity contribution in [1.82, 2.24) is 0 Å². The molecule has 0 atom stereocenters. The SMILES string of the molecule is CC1(C)c2ccccc2-c2ccc(-c3ccc4c(c3N(c3ccc(-c5ccccc5)cc3)c3ccc5c(c3)C(C)(C)c3ccccc3-5)-c3ccccc3C43c4ccccc4-c4ccccc43)cc21. The van der Waals surface area contributed by atoms with Crippen LogP contribution in [-0.4, -0.2) is 0 Å². The molecule has 68 heavy (non-hydrogen) atoms. The molecule has 0 aromatic heterocycles. The second-order valence-corrected chi connectivity index (χ2v) is 20.4. The molecule has 1 spiro atoms. The Kier molecular flexibility index (Phi) is 8.08. The minimum absolute atomic E-state index is 0.152. The van der Waals surface area contributed by atoms with Crippen LogP contribution in [0.1, 0.15) is 72.2 Å². The molecule has 14 rings (SSSR count). The van der Waals surface area contributed by atoms with Crippen LogP contribution in [0.2, 0.25) is 0 Å². The van der Waals surface area contributed by atoms with E-state index in [-0.39, 0.29) is 10.8 Å². The van der Waals surface area contributed by atoms with Crippen molar-refractivity contribution in [2.45, 2.75) is 43.9 Å². The molecule has 4 aliphatic rings. The monoisotopic (exact) mass is 867 g/mol. The van der Waals surface area contributed by atoms with Gasteiger partial charge in [0.25, 0.3) is 0 Å². The van der Waals surface area contributed by atoms with Crippen molar-refractivity contribution in [3.8, 4) is 66.8 Å². The predicted molar refractivity (Wildman–Crippen MR) is 283 cm³/mol. The zero-order chi connectivity index (χ0) is 45.5. The fraction of sp³-hybridized carbons (Fsp3) is 0.104. The molecule has 322 valence electrons. The summed E-state index contributed by atoms with van der Waals surface area (Å²) in [5.41, 5.74) is 28.8. The largest absolute Gasteiger partial charge is 0.309 e. The molecule has 0 fully saturated rings. The molecule has 10 aromatic rings. The second-order valence-electron chi connectivity index (χ2n) is 20.4. The summed E-state index contributed by atoms with van der Waals surface area (Å²) >= 11 is 0. The van der Waals surface area contributed by atoms with Gasteiger partial charge in [-0.05, 0) is 130 Å². The van der Waals surface area contributed by atoms with Crippen LogP contribution < -0.4 is 4.90 Å². The number of hydrogen-bond donors (Lipinski definition) is 0. The van der Waals surface area contributed by atoms with E-state index < -0.39 is 5.41 Å². The minimum atomic E-state index is -0.502. The van der Waals surface area contributed by atoms with Crippen LogP contribution in [0.15, 0.2) is 224 Å². The highest BCUT2D eigenvalue weighted by Crippen LogP contribution is 2.66. The molecule has 0 heterocycles. The van der Waals surface area contributed by atoms with Gasteiger partial charge in [-0.25, -0.2) is 0 Å². The molecule has 0 bridgehead atoms. The number of fused-ring (bicyclic) bond motifs is 16. The van der Waals surface area contributed by atoms with E-state index in [0.717, 1.165) is 11.4 Å². The summed E-state index contributed by atoms with van der Waals surface area (Å²) < 4.78 is 0. The minimum Gasteiger partial charge on any atom is -0.309 e. The number of benzene rings is 10. The maximum atomic E-state index is 2.61. The van der Waals surface area contributed by atoms with Crippen LogP contribution in [0, 0.1) is 0 Å². The van der Waals surface area contributed by atoms with Crippen LogP contribution in [0.5, 0.6) is 0 Å². The van der Waals surface area contributed by atoms with E-state index in [9.17, 15) is 0 Å².